The summed E-state index contributed by atoms with van der Waals surface area (Å²) in [6.07, 6.45) is 5.34. The normalized spacial score (nSPS) is 23.9. The summed E-state index contributed by atoms with van der Waals surface area (Å²) < 4.78 is 0. The van der Waals surface area contributed by atoms with Crippen LogP contribution in [0.15, 0.2) is 212 Å². The fourth-order valence-corrected chi connectivity index (χ4v) is 13.6. The molecule has 0 amide bonds. The summed E-state index contributed by atoms with van der Waals surface area (Å²) in [5, 5.41) is 0. The summed E-state index contributed by atoms with van der Waals surface area (Å²) in [4.78, 5) is 2.51. The topological polar surface area (TPSA) is 3.24 Å². The third-order valence-corrected chi connectivity index (χ3v) is 15.6. The van der Waals surface area contributed by atoms with Crippen LogP contribution in [-0.4, -0.2) is 0 Å². The third-order valence-electron chi connectivity index (χ3n) is 15.6. The van der Waals surface area contributed by atoms with E-state index in [-0.39, 0.29) is 5.41 Å². The average Bonchev–Trinajstić information content (AvgIpc) is 3.79. The lowest BCUT2D eigenvalue weighted by molar-refractivity contribution is 0.0823. The fourth-order valence-electron chi connectivity index (χ4n) is 13.6. The van der Waals surface area contributed by atoms with Crippen molar-refractivity contribution in [2.75, 3.05) is 4.90 Å². The van der Waals surface area contributed by atoms with E-state index < -0.39 is 5.41 Å². The van der Waals surface area contributed by atoms with Gasteiger partial charge in [0.2, 0.25) is 0 Å². The van der Waals surface area contributed by atoms with Gasteiger partial charge >= 0.3 is 0 Å². The van der Waals surface area contributed by atoms with E-state index >= 15 is 0 Å². The van der Waals surface area contributed by atoms with Gasteiger partial charge in [0.25, 0.3) is 0 Å². The fraction of sp³-hybridized carbons (Fsp3) is 0.200. The van der Waals surface area contributed by atoms with E-state index in [0.717, 1.165) is 17.3 Å². The zero-order chi connectivity index (χ0) is 40.5. The molecule has 4 aliphatic carbocycles. The van der Waals surface area contributed by atoms with E-state index in [4.69, 9.17) is 0 Å². The van der Waals surface area contributed by atoms with Gasteiger partial charge in [0.05, 0.1) is 5.41 Å². The average molecular weight is 786 g/mol. The Morgan fingerprint density at radius 3 is 1.36 bits per heavy atom. The number of hydrogen-bond acceptors (Lipinski definition) is 1. The molecule has 0 aromatic heterocycles. The molecule has 3 saturated carbocycles. The molecular weight excluding hydrogens is 735 g/mol. The van der Waals surface area contributed by atoms with Crippen molar-refractivity contribution in [2.24, 2.45) is 23.7 Å². The van der Waals surface area contributed by atoms with Crippen LogP contribution in [0.25, 0.3) is 22.3 Å². The van der Waals surface area contributed by atoms with Crippen molar-refractivity contribution in [1.29, 1.82) is 0 Å². The molecule has 0 N–H and O–H groups in total. The molecule has 12 rings (SSSR count). The largest absolute Gasteiger partial charge is 0.310 e. The lowest BCUT2D eigenvalue weighted by atomic mass is 9.53. The SMILES string of the molecule is CC1C[C@@H]2CC3C[C@H](C1)C21c2ccc(N(c4ccc(-c5ccccc5)cc4)c4ccc(-c5ccccc5)cc4)cc2C(c2ccccc2)(c2ccccc2)c2ccccc2C31. The van der Waals surface area contributed by atoms with Crippen LogP contribution in [0.4, 0.5) is 17.1 Å². The minimum atomic E-state index is -0.524. The third kappa shape index (κ3) is 5.46. The highest BCUT2D eigenvalue weighted by Gasteiger charge is 2.69. The number of benzene rings is 8. The predicted octanol–water partition coefficient (Wildman–Crippen LogP) is 15.3. The van der Waals surface area contributed by atoms with Crippen LogP contribution in [-0.2, 0) is 10.8 Å². The maximum Gasteiger partial charge on any atom is 0.0707 e. The molecule has 1 nitrogen and oxygen atoms in total. The van der Waals surface area contributed by atoms with Crippen LogP contribution >= 0.6 is 0 Å². The van der Waals surface area contributed by atoms with Gasteiger partial charge in [0.1, 0.15) is 0 Å². The van der Waals surface area contributed by atoms with Crippen LogP contribution in [0.1, 0.15) is 71.9 Å². The molecule has 8 aromatic rings. The summed E-state index contributed by atoms with van der Waals surface area (Å²) in [7, 11) is 0. The van der Waals surface area contributed by atoms with Crippen molar-refractivity contribution < 1.29 is 0 Å². The Bertz CT molecular complexity index is 2690. The summed E-state index contributed by atoms with van der Waals surface area (Å²) in [6.45, 7) is 2.53. The Kier molecular flexibility index (Phi) is 8.56. The predicted molar refractivity (Wildman–Crippen MR) is 253 cm³/mol. The Labute approximate surface area is 361 Å². The smallest absolute Gasteiger partial charge is 0.0707 e. The summed E-state index contributed by atoms with van der Waals surface area (Å²) >= 11 is 0. The van der Waals surface area contributed by atoms with E-state index in [0.29, 0.717) is 23.7 Å². The van der Waals surface area contributed by atoms with Crippen molar-refractivity contribution in [3.8, 4) is 22.3 Å². The Hall–Kier alpha value is -6.44. The Morgan fingerprint density at radius 2 is 0.836 bits per heavy atom. The first-order chi connectivity index (χ1) is 30.1. The molecule has 61 heavy (non-hydrogen) atoms. The maximum absolute atomic E-state index is 2.64. The van der Waals surface area contributed by atoms with Gasteiger partial charge in [-0.1, -0.05) is 183 Å². The van der Waals surface area contributed by atoms with E-state index in [9.17, 15) is 0 Å². The molecule has 4 unspecified atom stereocenters. The highest BCUT2D eigenvalue weighted by molar-refractivity contribution is 5.82. The van der Waals surface area contributed by atoms with Gasteiger partial charge in [-0.2, -0.15) is 0 Å². The quantitative estimate of drug-likeness (QED) is 0.156. The van der Waals surface area contributed by atoms with Gasteiger partial charge in [0.15, 0.2) is 0 Å². The second-order valence-corrected chi connectivity index (χ2v) is 18.6. The van der Waals surface area contributed by atoms with Gasteiger partial charge in [-0.05, 0) is 147 Å². The molecule has 0 radical (unpaired) electrons. The number of nitrogens with zero attached hydrogens (tertiary/aromatic N) is 1. The molecule has 1 heteroatoms. The van der Waals surface area contributed by atoms with Crippen LogP contribution in [0, 0.1) is 23.7 Å². The second-order valence-electron chi connectivity index (χ2n) is 18.6. The number of hydrogen-bond donors (Lipinski definition) is 0. The Morgan fingerprint density at radius 1 is 0.393 bits per heavy atom. The molecule has 8 aromatic carbocycles. The van der Waals surface area contributed by atoms with Crippen LogP contribution < -0.4 is 4.90 Å². The molecule has 2 bridgehead atoms. The Balaban J connectivity index is 1.15. The minimum Gasteiger partial charge on any atom is -0.310 e. The van der Waals surface area contributed by atoms with E-state index in [1.165, 1.54) is 75.9 Å². The standard InChI is InChI=1S/C60H51N/c1-41-36-49-38-46-39-50(37-41)60(49)56-35-34-53(40-57(56)59(47-20-10-4-11-21-47,48-22-12-5-13-23-48)55-25-15-14-24-54(55)58(46)60)61(51-30-26-44(27-31-51)42-16-6-2-7-17-42)52-32-28-45(29-33-52)43-18-8-3-9-19-43/h2-35,40-41,46,49-50,58H,36-39H2,1H3/t41?,46?,49-,50+,58?,60?. The monoisotopic (exact) mass is 785 g/mol. The van der Waals surface area contributed by atoms with Gasteiger partial charge < -0.3 is 4.90 Å². The molecule has 6 atom stereocenters. The molecular formula is C60H51N. The minimum absolute atomic E-state index is 0.103. The molecule has 0 aliphatic heterocycles. The van der Waals surface area contributed by atoms with Crippen LogP contribution in [0.2, 0.25) is 0 Å². The van der Waals surface area contributed by atoms with Crippen molar-refractivity contribution in [2.45, 2.75) is 49.4 Å². The highest BCUT2D eigenvalue weighted by Crippen LogP contribution is 2.76. The first-order valence-electron chi connectivity index (χ1n) is 22.6. The number of rotatable bonds is 7. The van der Waals surface area contributed by atoms with Crippen molar-refractivity contribution in [3.05, 3.63) is 246 Å². The van der Waals surface area contributed by atoms with E-state index in [1.54, 1.807) is 11.1 Å². The second kappa shape index (κ2) is 14.3. The van der Waals surface area contributed by atoms with Gasteiger partial charge in [-0.25, -0.2) is 0 Å². The molecule has 0 saturated heterocycles. The van der Waals surface area contributed by atoms with Gasteiger partial charge in [-0.15, -0.1) is 0 Å². The highest BCUT2D eigenvalue weighted by atomic mass is 15.1. The van der Waals surface area contributed by atoms with E-state index in [1.807, 2.05) is 0 Å². The maximum atomic E-state index is 2.64. The zero-order valence-electron chi connectivity index (χ0n) is 34.9. The van der Waals surface area contributed by atoms with Crippen molar-refractivity contribution in [3.63, 3.8) is 0 Å². The molecule has 0 heterocycles. The van der Waals surface area contributed by atoms with Gasteiger partial charge in [0, 0.05) is 22.5 Å². The number of anilines is 3. The van der Waals surface area contributed by atoms with E-state index in [2.05, 4.69) is 224 Å². The van der Waals surface area contributed by atoms with Crippen molar-refractivity contribution >= 4 is 17.1 Å². The number of fused-ring (bicyclic) bond motifs is 2. The zero-order valence-corrected chi connectivity index (χ0v) is 34.9. The van der Waals surface area contributed by atoms with Crippen LogP contribution in [0.3, 0.4) is 0 Å². The molecule has 3 fully saturated rings. The summed E-state index contributed by atoms with van der Waals surface area (Å²) in [5.74, 6) is 3.34. The summed E-state index contributed by atoms with van der Waals surface area (Å²) in [6, 6.07) is 80.4. The molecule has 4 aliphatic rings. The lowest BCUT2D eigenvalue weighted by Crippen LogP contribution is -2.46. The van der Waals surface area contributed by atoms with Crippen LogP contribution in [0.5, 0.6) is 0 Å². The molecule has 296 valence electrons. The molecule has 1 spiro atoms. The first kappa shape index (κ1) is 36.4. The lowest BCUT2D eigenvalue weighted by Gasteiger charge is -2.51. The first-order valence-corrected chi connectivity index (χ1v) is 22.6. The van der Waals surface area contributed by atoms with Crippen molar-refractivity contribution in [1.82, 2.24) is 0 Å². The summed E-state index contributed by atoms with van der Waals surface area (Å²) in [5.41, 5.74) is 16.7. The van der Waals surface area contributed by atoms with Gasteiger partial charge in [-0.3, -0.25) is 0 Å².